The van der Waals surface area contributed by atoms with Gasteiger partial charge in [-0.05, 0) is 12.3 Å². The number of H-pyrrole nitrogens is 1. The zero-order valence-corrected chi connectivity index (χ0v) is 6.58. The van der Waals surface area contributed by atoms with Gasteiger partial charge in [-0.2, -0.15) is 5.10 Å². The SMILES string of the molecule is O=C1CC2CC2(c2ncn[nH]2)C1. The van der Waals surface area contributed by atoms with Crippen molar-refractivity contribution in [1.82, 2.24) is 15.2 Å². The standard InChI is InChI=1S/C8H9N3O/c12-6-1-5-2-8(5,3-6)7-9-4-10-11-7/h4-5H,1-3H2,(H,9,10,11). The lowest BCUT2D eigenvalue weighted by atomic mass is 10.0. The molecule has 1 heterocycles. The highest BCUT2D eigenvalue weighted by Crippen LogP contribution is 2.62. The Labute approximate surface area is 69.4 Å². The second-order valence-electron chi connectivity index (χ2n) is 3.81. The van der Waals surface area contributed by atoms with Gasteiger partial charge in [-0.25, -0.2) is 4.98 Å². The summed E-state index contributed by atoms with van der Waals surface area (Å²) in [5, 5.41) is 6.68. The van der Waals surface area contributed by atoms with E-state index in [0.29, 0.717) is 18.1 Å². The molecule has 2 aliphatic rings. The van der Waals surface area contributed by atoms with E-state index in [-0.39, 0.29) is 5.41 Å². The van der Waals surface area contributed by atoms with Crippen molar-refractivity contribution < 1.29 is 4.79 Å². The van der Waals surface area contributed by atoms with Gasteiger partial charge in [0.25, 0.3) is 0 Å². The van der Waals surface area contributed by atoms with Crippen LogP contribution in [0.4, 0.5) is 0 Å². The van der Waals surface area contributed by atoms with Crippen LogP contribution in [-0.4, -0.2) is 21.0 Å². The zero-order chi connectivity index (χ0) is 8.18. The van der Waals surface area contributed by atoms with E-state index in [1.807, 2.05) is 0 Å². The van der Waals surface area contributed by atoms with Crippen molar-refractivity contribution in [2.45, 2.75) is 24.7 Å². The van der Waals surface area contributed by atoms with Gasteiger partial charge in [0.05, 0.1) is 0 Å². The smallest absolute Gasteiger partial charge is 0.137 e. The fourth-order valence-corrected chi connectivity index (χ4v) is 2.38. The predicted molar refractivity (Wildman–Crippen MR) is 40.4 cm³/mol. The average Bonchev–Trinajstić information content (AvgIpc) is 2.56. The van der Waals surface area contributed by atoms with Crippen molar-refractivity contribution in [3.05, 3.63) is 12.2 Å². The van der Waals surface area contributed by atoms with E-state index in [4.69, 9.17) is 0 Å². The van der Waals surface area contributed by atoms with Crippen LogP contribution >= 0.6 is 0 Å². The minimum atomic E-state index is 0.0770. The monoisotopic (exact) mass is 163 g/mol. The van der Waals surface area contributed by atoms with Gasteiger partial charge < -0.3 is 0 Å². The number of hydrogen-bond donors (Lipinski definition) is 1. The maximum absolute atomic E-state index is 11.1. The Morgan fingerprint density at radius 3 is 3.17 bits per heavy atom. The molecule has 4 heteroatoms. The first kappa shape index (κ1) is 6.34. The molecule has 2 atom stereocenters. The maximum atomic E-state index is 11.1. The van der Waals surface area contributed by atoms with E-state index in [2.05, 4.69) is 15.2 Å². The molecule has 0 spiro atoms. The second kappa shape index (κ2) is 1.76. The molecule has 62 valence electrons. The third-order valence-corrected chi connectivity index (χ3v) is 3.11. The van der Waals surface area contributed by atoms with Crippen LogP contribution in [0.5, 0.6) is 0 Å². The molecular formula is C8H9N3O. The Morgan fingerprint density at radius 1 is 1.67 bits per heavy atom. The van der Waals surface area contributed by atoms with E-state index >= 15 is 0 Å². The molecule has 3 rings (SSSR count). The lowest BCUT2D eigenvalue weighted by Gasteiger charge is -2.04. The topological polar surface area (TPSA) is 58.6 Å². The number of nitrogens with zero attached hydrogens (tertiary/aromatic N) is 2. The third kappa shape index (κ3) is 0.605. The quantitative estimate of drug-likeness (QED) is 0.653. The van der Waals surface area contributed by atoms with Crippen LogP contribution in [0.25, 0.3) is 0 Å². The number of ketones is 1. The van der Waals surface area contributed by atoms with E-state index in [1.54, 1.807) is 0 Å². The highest BCUT2D eigenvalue weighted by atomic mass is 16.1. The summed E-state index contributed by atoms with van der Waals surface area (Å²) in [6, 6.07) is 0. The number of Topliss-reactive ketones (excluding diaryl/α,β-unsaturated/α-hetero) is 1. The molecule has 0 bridgehead atoms. The molecular weight excluding hydrogens is 154 g/mol. The van der Waals surface area contributed by atoms with Crippen molar-refractivity contribution in [2.75, 3.05) is 0 Å². The third-order valence-electron chi connectivity index (χ3n) is 3.11. The van der Waals surface area contributed by atoms with Crippen molar-refractivity contribution in [3.63, 3.8) is 0 Å². The molecule has 2 unspecified atom stereocenters. The number of rotatable bonds is 1. The van der Waals surface area contributed by atoms with Gasteiger partial charge in [-0.15, -0.1) is 0 Å². The van der Waals surface area contributed by atoms with Crippen molar-refractivity contribution in [1.29, 1.82) is 0 Å². The van der Waals surface area contributed by atoms with E-state index < -0.39 is 0 Å². The summed E-state index contributed by atoms with van der Waals surface area (Å²) in [6.45, 7) is 0. The van der Waals surface area contributed by atoms with E-state index in [9.17, 15) is 4.79 Å². The molecule has 0 radical (unpaired) electrons. The molecule has 2 saturated carbocycles. The van der Waals surface area contributed by atoms with E-state index in [0.717, 1.165) is 18.7 Å². The maximum Gasteiger partial charge on any atom is 0.137 e. The molecule has 1 N–H and O–H groups in total. The zero-order valence-electron chi connectivity index (χ0n) is 6.58. The van der Waals surface area contributed by atoms with Crippen LogP contribution in [-0.2, 0) is 10.2 Å². The summed E-state index contributed by atoms with van der Waals surface area (Å²) in [5.74, 6) is 1.85. The summed E-state index contributed by atoms with van der Waals surface area (Å²) in [5.41, 5.74) is 0.0770. The van der Waals surface area contributed by atoms with Crippen LogP contribution in [0.15, 0.2) is 6.33 Å². The Hall–Kier alpha value is -1.19. The minimum Gasteiger partial charge on any atom is -0.300 e. The molecule has 1 aromatic heterocycles. The van der Waals surface area contributed by atoms with Gasteiger partial charge in [0.15, 0.2) is 0 Å². The number of carbonyl (C=O) groups excluding carboxylic acids is 1. The molecule has 4 nitrogen and oxygen atoms in total. The number of aromatic nitrogens is 3. The molecule has 0 aromatic carbocycles. The summed E-state index contributed by atoms with van der Waals surface area (Å²) >= 11 is 0. The summed E-state index contributed by atoms with van der Waals surface area (Å²) in [7, 11) is 0. The fraction of sp³-hybridized carbons (Fsp3) is 0.625. The Morgan fingerprint density at radius 2 is 2.58 bits per heavy atom. The van der Waals surface area contributed by atoms with Crippen LogP contribution < -0.4 is 0 Å². The van der Waals surface area contributed by atoms with Gasteiger partial charge in [0.1, 0.15) is 17.9 Å². The number of hydrogen-bond acceptors (Lipinski definition) is 3. The summed E-state index contributed by atoms with van der Waals surface area (Å²) in [6.07, 6.45) is 4.06. The van der Waals surface area contributed by atoms with Crippen LogP contribution in [0.1, 0.15) is 25.1 Å². The molecule has 0 aliphatic heterocycles. The first-order valence-electron chi connectivity index (χ1n) is 4.19. The number of fused-ring (bicyclic) bond motifs is 1. The molecule has 2 fully saturated rings. The van der Waals surface area contributed by atoms with Gasteiger partial charge in [-0.1, -0.05) is 0 Å². The minimum absolute atomic E-state index is 0.0770. The lowest BCUT2D eigenvalue weighted by Crippen LogP contribution is -2.09. The van der Waals surface area contributed by atoms with Crippen LogP contribution in [0.2, 0.25) is 0 Å². The van der Waals surface area contributed by atoms with Crippen LogP contribution in [0, 0.1) is 5.92 Å². The molecule has 0 saturated heterocycles. The van der Waals surface area contributed by atoms with Crippen molar-refractivity contribution >= 4 is 5.78 Å². The van der Waals surface area contributed by atoms with Gasteiger partial charge in [0, 0.05) is 18.3 Å². The number of aromatic amines is 1. The Balaban J connectivity index is 2.00. The van der Waals surface area contributed by atoms with Crippen molar-refractivity contribution in [2.24, 2.45) is 5.92 Å². The molecule has 0 amide bonds. The lowest BCUT2D eigenvalue weighted by molar-refractivity contribution is -0.118. The predicted octanol–water partition coefficient (Wildman–Crippen LogP) is 0.425. The van der Waals surface area contributed by atoms with Crippen molar-refractivity contribution in [3.8, 4) is 0 Å². The molecule has 12 heavy (non-hydrogen) atoms. The number of carbonyl (C=O) groups is 1. The van der Waals surface area contributed by atoms with Crippen LogP contribution in [0.3, 0.4) is 0 Å². The molecule has 2 aliphatic carbocycles. The largest absolute Gasteiger partial charge is 0.300 e. The van der Waals surface area contributed by atoms with Gasteiger partial charge in [-0.3, -0.25) is 9.89 Å². The highest BCUT2D eigenvalue weighted by Gasteiger charge is 2.62. The first-order chi connectivity index (χ1) is 5.81. The first-order valence-corrected chi connectivity index (χ1v) is 4.19. The summed E-state index contributed by atoms with van der Waals surface area (Å²) in [4.78, 5) is 15.2. The van der Waals surface area contributed by atoms with E-state index in [1.165, 1.54) is 6.33 Å². The highest BCUT2D eigenvalue weighted by molar-refractivity contribution is 5.85. The number of nitrogens with one attached hydrogen (secondary N) is 1. The fourth-order valence-electron chi connectivity index (χ4n) is 2.38. The summed E-state index contributed by atoms with van der Waals surface area (Å²) < 4.78 is 0. The molecule has 1 aromatic rings. The normalized spacial score (nSPS) is 38.3. The Bertz CT molecular complexity index is 332. The second-order valence-corrected chi connectivity index (χ2v) is 3.81. The van der Waals surface area contributed by atoms with Gasteiger partial charge >= 0.3 is 0 Å². The Kier molecular flexibility index (Phi) is 0.929. The average molecular weight is 163 g/mol. The van der Waals surface area contributed by atoms with Gasteiger partial charge in [0.2, 0.25) is 0 Å².